The van der Waals surface area contributed by atoms with Gasteiger partial charge in [0.05, 0.1) is 0 Å². The molecule has 3 aromatic heterocycles. The molecule has 3 heterocycles. The van der Waals surface area contributed by atoms with Gasteiger partial charge in [0.2, 0.25) is 0 Å². The van der Waals surface area contributed by atoms with Crippen molar-refractivity contribution in [3.63, 3.8) is 0 Å². The Hall–Kier alpha value is -2.33. The average Bonchev–Trinajstić information content (AvgIpc) is 3.15. The minimum absolute atomic E-state index is 0. The van der Waals surface area contributed by atoms with Crippen molar-refractivity contribution in [2.75, 3.05) is 0 Å². The normalized spacial score (nSPS) is 12.6. The summed E-state index contributed by atoms with van der Waals surface area (Å²) in [6, 6.07) is 23.2. The number of nitrogens with zero attached hydrogens (tertiary/aromatic N) is 1. The number of aromatic nitrogens is 1. The summed E-state index contributed by atoms with van der Waals surface area (Å²) in [4.78, 5) is 16.3. The third-order valence-electron chi connectivity index (χ3n) is 6.40. The second-order valence-corrected chi connectivity index (χ2v) is 14.6. The van der Waals surface area contributed by atoms with Crippen molar-refractivity contribution in [2.45, 2.75) is 41.5 Å². The first-order chi connectivity index (χ1) is 17.4. The summed E-state index contributed by atoms with van der Waals surface area (Å²) in [6.45, 7) is 11.1. The maximum absolute atomic E-state index is 11.5. The van der Waals surface area contributed by atoms with Gasteiger partial charge < -0.3 is 5.11 Å². The van der Waals surface area contributed by atoms with Crippen LogP contribution in [0.4, 0.5) is 0 Å². The SMILES string of the molecule is CC(C)(C)C(=O)/C=C(\O)C(C)(C)C.[Ir].[c-]1cc2ccccc2c2[se]c3cccc4sc5ccnc(c12)c5c43. The first-order valence-electron chi connectivity index (χ1n) is 12.3. The number of allylic oxidation sites excluding steroid dienone is 2. The molecule has 197 valence electrons. The zero-order valence-corrected chi connectivity index (χ0v) is 27.2. The summed E-state index contributed by atoms with van der Waals surface area (Å²) in [5, 5.41) is 16.1. The standard InChI is InChI=1S/C21H10NSSe.C11H20O2.Ir/c1-2-5-13-12(4-1)8-9-14-20-19-16(10-11-22-20)23-15-6-3-7-17(18(15)19)24-21(13)14;1-10(2,3)8(12)7-9(13)11(4,5)6;/h1-8,10-11H;7,12H,1-6H3;/q-1;;/b;8-7-;. The number of rotatable bonds is 1. The zero-order valence-electron chi connectivity index (χ0n) is 22.3. The monoisotopic (exact) mass is 765 g/mol. The predicted octanol–water partition coefficient (Wildman–Crippen LogP) is 8.85. The molecule has 1 radical (unpaired) electrons. The van der Waals surface area contributed by atoms with Crippen molar-refractivity contribution in [2.24, 2.45) is 10.8 Å². The Balaban J connectivity index is 0.000000209. The molecule has 3 nitrogen and oxygen atoms in total. The number of thiophene rings is 1. The molecule has 6 rings (SSSR count). The van der Waals surface area contributed by atoms with Crippen molar-refractivity contribution >= 4 is 82.0 Å². The summed E-state index contributed by atoms with van der Waals surface area (Å²) in [6.07, 6.45) is 3.28. The van der Waals surface area contributed by atoms with Crippen molar-refractivity contribution in [1.29, 1.82) is 0 Å². The van der Waals surface area contributed by atoms with Crippen LogP contribution in [0.3, 0.4) is 0 Å². The number of ketones is 1. The van der Waals surface area contributed by atoms with Gasteiger partial charge in [-0.3, -0.25) is 4.79 Å². The molecule has 0 aliphatic heterocycles. The molecule has 0 aliphatic carbocycles. The third kappa shape index (κ3) is 5.39. The van der Waals surface area contributed by atoms with Crippen LogP contribution in [0.25, 0.3) is 50.4 Å². The Morgan fingerprint density at radius 2 is 1.66 bits per heavy atom. The molecule has 6 aromatic rings. The Kier molecular flexibility index (Phi) is 8.06. The van der Waals surface area contributed by atoms with E-state index in [-0.39, 0.29) is 51.6 Å². The topological polar surface area (TPSA) is 50.2 Å². The van der Waals surface area contributed by atoms with Gasteiger partial charge in [-0.2, -0.15) is 0 Å². The fourth-order valence-corrected chi connectivity index (χ4v) is 8.00. The molecule has 0 fully saturated rings. The molecule has 0 unspecified atom stereocenters. The van der Waals surface area contributed by atoms with Crippen LogP contribution in [-0.4, -0.2) is 30.4 Å². The van der Waals surface area contributed by atoms with Crippen LogP contribution in [0.1, 0.15) is 41.5 Å². The average molecular weight is 764 g/mol. The van der Waals surface area contributed by atoms with E-state index in [2.05, 4.69) is 60.7 Å². The summed E-state index contributed by atoms with van der Waals surface area (Å²) in [7, 11) is 0. The van der Waals surface area contributed by atoms with Crippen LogP contribution in [0.5, 0.6) is 0 Å². The van der Waals surface area contributed by atoms with E-state index in [4.69, 9.17) is 4.98 Å². The van der Waals surface area contributed by atoms with Crippen LogP contribution >= 0.6 is 11.3 Å². The molecule has 38 heavy (non-hydrogen) atoms. The fourth-order valence-electron chi connectivity index (χ4n) is 4.14. The summed E-state index contributed by atoms with van der Waals surface area (Å²) in [5.74, 6) is 0.104. The van der Waals surface area contributed by atoms with Crippen molar-refractivity contribution in [3.8, 4) is 0 Å². The van der Waals surface area contributed by atoms with Gasteiger partial charge in [0.15, 0.2) is 5.78 Å². The van der Waals surface area contributed by atoms with E-state index in [0.29, 0.717) is 0 Å². The molecule has 1 N–H and O–H groups in total. The number of aliphatic hydroxyl groups excluding tert-OH is 1. The van der Waals surface area contributed by atoms with E-state index in [1.807, 2.05) is 59.1 Å². The van der Waals surface area contributed by atoms with E-state index in [1.165, 1.54) is 50.9 Å². The van der Waals surface area contributed by atoms with Crippen LogP contribution in [0.2, 0.25) is 0 Å². The van der Waals surface area contributed by atoms with Crippen LogP contribution in [0, 0.1) is 16.9 Å². The van der Waals surface area contributed by atoms with Gasteiger partial charge in [0.25, 0.3) is 0 Å². The number of hydrogen-bond donors (Lipinski definition) is 1. The second-order valence-electron chi connectivity index (χ2n) is 11.3. The van der Waals surface area contributed by atoms with Crippen molar-refractivity contribution in [3.05, 3.63) is 78.7 Å². The van der Waals surface area contributed by atoms with E-state index >= 15 is 0 Å². The maximum atomic E-state index is 11.5. The minimum atomic E-state index is -0.417. The molecule has 0 bridgehead atoms. The Morgan fingerprint density at radius 1 is 0.947 bits per heavy atom. The molecule has 0 spiro atoms. The van der Waals surface area contributed by atoms with Gasteiger partial charge in [0.1, 0.15) is 5.76 Å². The summed E-state index contributed by atoms with van der Waals surface area (Å²) >= 11 is 2.12. The Bertz CT molecular complexity index is 1830. The molecule has 0 aliphatic rings. The molecule has 6 heteroatoms. The Morgan fingerprint density at radius 3 is 2.37 bits per heavy atom. The number of pyridine rings is 1. The number of aliphatic hydroxyl groups is 1. The molecular formula is C32H30IrNO2SSe-. The fraction of sp³-hybridized carbons (Fsp3) is 0.250. The van der Waals surface area contributed by atoms with E-state index in [9.17, 15) is 9.90 Å². The van der Waals surface area contributed by atoms with Crippen LogP contribution in [-0.2, 0) is 24.9 Å². The third-order valence-corrected chi connectivity index (χ3v) is 10.0. The van der Waals surface area contributed by atoms with Gasteiger partial charge in [0, 0.05) is 37.0 Å². The van der Waals surface area contributed by atoms with E-state index < -0.39 is 5.41 Å². The number of carbonyl (C=O) groups excluding carboxylic acids is 1. The molecule has 0 atom stereocenters. The van der Waals surface area contributed by atoms with Gasteiger partial charge in [-0.1, -0.05) is 41.5 Å². The van der Waals surface area contributed by atoms with Gasteiger partial charge in [-0.15, -0.1) is 0 Å². The molecule has 0 amide bonds. The summed E-state index contributed by atoms with van der Waals surface area (Å²) in [5.41, 5.74) is 0.339. The van der Waals surface area contributed by atoms with Crippen molar-refractivity contribution < 1.29 is 30.0 Å². The van der Waals surface area contributed by atoms with Crippen LogP contribution < -0.4 is 0 Å². The van der Waals surface area contributed by atoms with E-state index in [0.717, 1.165) is 5.52 Å². The number of benzene rings is 3. The first-order valence-corrected chi connectivity index (χ1v) is 14.9. The van der Waals surface area contributed by atoms with Gasteiger partial charge in [-0.25, -0.2) is 0 Å². The van der Waals surface area contributed by atoms with Crippen LogP contribution in [0.15, 0.2) is 72.6 Å². The second kappa shape index (κ2) is 10.7. The first kappa shape index (κ1) is 28.7. The molecule has 3 aromatic carbocycles. The number of hydrogen-bond acceptors (Lipinski definition) is 4. The van der Waals surface area contributed by atoms with Gasteiger partial charge >= 0.3 is 148 Å². The van der Waals surface area contributed by atoms with Gasteiger partial charge in [-0.05, 0) is 0 Å². The quantitative estimate of drug-likeness (QED) is 0.0789. The van der Waals surface area contributed by atoms with E-state index in [1.54, 1.807) is 0 Å². The predicted molar refractivity (Wildman–Crippen MR) is 160 cm³/mol. The molecule has 0 saturated carbocycles. The summed E-state index contributed by atoms with van der Waals surface area (Å²) < 4.78 is 5.57. The number of carbonyl (C=O) groups is 1. The van der Waals surface area contributed by atoms with Crippen molar-refractivity contribution in [1.82, 2.24) is 4.98 Å². The Labute approximate surface area is 246 Å². The number of fused-ring (bicyclic) bond motifs is 4. The molecular weight excluding hydrogens is 734 g/mol. The zero-order chi connectivity index (χ0) is 26.5. The molecule has 0 saturated heterocycles.